The molecule has 1 aromatic rings. The average molecular weight is 257 g/mol. The Balaban J connectivity index is 1.84. The van der Waals surface area contributed by atoms with Gasteiger partial charge < -0.3 is 5.32 Å². The molecule has 0 amide bonds. The van der Waals surface area contributed by atoms with Crippen LogP contribution in [0, 0.1) is 0 Å². The Bertz CT molecular complexity index is 397. The minimum atomic E-state index is 0.746. The first kappa shape index (κ1) is 14.0. The maximum absolute atomic E-state index is 4.53. The van der Waals surface area contributed by atoms with E-state index in [0.29, 0.717) is 0 Å². The van der Waals surface area contributed by atoms with E-state index in [4.69, 9.17) is 0 Å². The number of aromatic nitrogens is 1. The van der Waals surface area contributed by atoms with Gasteiger partial charge in [-0.15, -0.1) is 13.2 Å². The molecule has 0 bridgehead atoms. The SMILES string of the molecule is C=CCN(CC=C)Cc1ccc(CNC2CC2)cn1. The molecule has 3 nitrogen and oxygen atoms in total. The normalized spacial score (nSPS) is 14.6. The summed E-state index contributed by atoms with van der Waals surface area (Å²) in [7, 11) is 0. The van der Waals surface area contributed by atoms with E-state index in [2.05, 4.69) is 40.5 Å². The molecule has 0 atom stereocenters. The van der Waals surface area contributed by atoms with Crippen molar-refractivity contribution in [3.8, 4) is 0 Å². The monoisotopic (exact) mass is 257 g/mol. The Hall–Kier alpha value is -1.45. The third-order valence-corrected chi connectivity index (χ3v) is 3.22. The molecular formula is C16H23N3. The molecule has 1 N–H and O–H groups in total. The summed E-state index contributed by atoms with van der Waals surface area (Å²) in [6, 6.07) is 5.02. The zero-order valence-corrected chi connectivity index (χ0v) is 11.5. The van der Waals surface area contributed by atoms with E-state index in [1.165, 1.54) is 18.4 Å². The number of nitrogens with one attached hydrogen (secondary N) is 1. The largest absolute Gasteiger partial charge is 0.310 e. The maximum atomic E-state index is 4.53. The van der Waals surface area contributed by atoms with Crippen molar-refractivity contribution < 1.29 is 0 Å². The zero-order chi connectivity index (χ0) is 13.5. The topological polar surface area (TPSA) is 28.2 Å². The van der Waals surface area contributed by atoms with Crippen LogP contribution in [-0.4, -0.2) is 29.0 Å². The van der Waals surface area contributed by atoms with Crippen molar-refractivity contribution in [2.24, 2.45) is 0 Å². The van der Waals surface area contributed by atoms with Crippen LogP contribution < -0.4 is 5.32 Å². The molecule has 0 aromatic carbocycles. The summed E-state index contributed by atoms with van der Waals surface area (Å²) in [5, 5.41) is 3.50. The first-order valence-corrected chi connectivity index (χ1v) is 6.93. The van der Waals surface area contributed by atoms with Gasteiger partial charge in [0.15, 0.2) is 0 Å². The van der Waals surface area contributed by atoms with Crippen molar-refractivity contribution in [2.45, 2.75) is 32.0 Å². The fourth-order valence-corrected chi connectivity index (χ4v) is 2.00. The Kier molecular flexibility index (Phi) is 5.31. The minimum Gasteiger partial charge on any atom is -0.310 e. The van der Waals surface area contributed by atoms with Gasteiger partial charge in [-0.25, -0.2) is 0 Å². The summed E-state index contributed by atoms with van der Waals surface area (Å²) >= 11 is 0. The lowest BCUT2D eigenvalue weighted by atomic mass is 10.2. The molecule has 1 aromatic heterocycles. The second-order valence-corrected chi connectivity index (χ2v) is 5.08. The van der Waals surface area contributed by atoms with Gasteiger partial charge in [-0.2, -0.15) is 0 Å². The third-order valence-electron chi connectivity index (χ3n) is 3.22. The van der Waals surface area contributed by atoms with E-state index >= 15 is 0 Å². The van der Waals surface area contributed by atoms with E-state index in [-0.39, 0.29) is 0 Å². The molecule has 2 rings (SSSR count). The van der Waals surface area contributed by atoms with Crippen LogP contribution >= 0.6 is 0 Å². The van der Waals surface area contributed by atoms with Gasteiger partial charge in [0.1, 0.15) is 0 Å². The van der Waals surface area contributed by atoms with E-state index in [1.807, 2.05) is 18.3 Å². The maximum Gasteiger partial charge on any atom is 0.0544 e. The van der Waals surface area contributed by atoms with Gasteiger partial charge in [0.25, 0.3) is 0 Å². The van der Waals surface area contributed by atoms with Gasteiger partial charge in [0, 0.05) is 38.4 Å². The molecule has 102 valence electrons. The van der Waals surface area contributed by atoms with Gasteiger partial charge >= 0.3 is 0 Å². The average Bonchev–Trinajstić information content (AvgIpc) is 3.23. The highest BCUT2D eigenvalue weighted by molar-refractivity contribution is 5.14. The molecule has 3 heteroatoms. The van der Waals surface area contributed by atoms with Crippen LogP contribution in [0.2, 0.25) is 0 Å². The van der Waals surface area contributed by atoms with Crippen molar-refractivity contribution in [1.82, 2.24) is 15.2 Å². The molecule has 1 aliphatic rings. The van der Waals surface area contributed by atoms with Gasteiger partial charge in [0.05, 0.1) is 5.69 Å². The van der Waals surface area contributed by atoms with E-state index in [9.17, 15) is 0 Å². The van der Waals surface area contributed by atoms with Gasteiger partial charge in [0.2, 0.25) is 0 Å². The van der Waals surface area contributed by atoms with Crippen LogP contribution in [0.4, 0.5) is 0 Å². The van der Waals surface area contributed by atoms with Crippen molar-refractivity contribution in [2.75, 3.05) is 13.1 Å². The number of rotatable bonds is 9. The number of hydrogen-bond donors (Lipinski definition) is 1. The Morgan fingerprint density at radius 3 is 2.53 bits per heavy atom. The van der Waals surface area contributed by atoms with Crippen molar-refractivity contribution >= 4 is 0 Å². The molecule has 0 radical (unpaired) electrons. The second kappa shape index (κ2) is 7.22. The van der Waals surface area contributed by atoms with Crippen LogP contribution in [0.1, 0.15) is 24.1 Å². The van der Waals surface area contributed by atoms with Crippen molar-refractivity contribution in [1.29, 1.82) is 0 Å². The Morgan fingerprint density at radius 2 is 2.00 bits per heavy atom. The molecule has 1 saturated carbocycles. The number of pyridine rings is 1. The zero-order valence-electron chi connectivity index (χ0n) is 11.5. The molecule has 1 heterocycles. The van der Waals surface area contributed by atoms with Gasteiger partial charge in [-0.3, -0.25) is 9.88 Å². The quantitative estimate of drug-likeness (QED) is 0.689. The van der Waals surface area contributed by atoms with Gasteiger partial charge in [-0.1, -0.05) is 18.2 Å². The summed E-state index contributed by atoms with van der Waals surface area (Å²) in [6.07, 6.45) is 8.45. The highest BCUT2D eigenvalue weighted by Gasteiger charge is 2.19. The predicted octanol–water partition coefficient (Wildman–Crippen LogP) is 2.51. The summed E-state index contributed by atoms with van der Waals surface area (Å²) in [4.78, 5) is 6.79. The van der Waals surface area contributed by atoms with Crippen LogP contribution in [-0.2, 0) is 13.1 Å². The van der Waals surface area contributed by atoms with Gasteiger partial charge in [-0.05, 0) is 24.5 Å². The van der Waals surface area contributed by atoms with Crippen LogP contribution in [0.3, 0.4) is 0 Å². The molecule has 0 unspecified atom stereocenters. The highest BCUT2D eigenvalue weighted by Crippen LogP contribution is 2.19. The molecule has 0 saturated heterocycles. The number of nitrogens with zero attached hydrogens (tertiary/aromatic N) is 2. The molecule has 1 fully saturated rings. The molecular weight excluding hydrogens is 234 g/mol. The van der Waals surface area contributed by atoms with E-state index in [1.54, 1.807) is 0 Å². The summed E-state index contributed by atoms with van der Waals surface area (Å²) in [6.45, 7) is 11.1. The first-order valence-electron chi connectivity index (χ1n) is 6.93. The molecule has 0 aliphatic heterocycles. The Labute approximate surface area is 116 Å². The minimum absolute atomic E-state index is 0.746. The Morgan fingerprint density at radius 1 is 1.26 bits per heavy atom. The summed E-state index contributed by atoms with van der Waals surface area (Å²) < 4.78 is 0. The first-order chi connectivity index (χ1) is 9.31. The summed E-state index contributed by atoms with van der Waals surface area (Å²) in [5.41, 5.74) is 2.36. The fraction of sp³-hybridized carbons (Fsp3) is 0.438. The van der Waals surface area contributed by atoms with Crippen molar-refractivity contribution in [3.05, 3.63) is 54.9 Å². The van der Waals surface area contributed by atoms with Crippen LogP contribution in [0.5, 0.6) is 0 Å². The predicted molar refractivity (Wildman–Crippen MR) is 79.8 cm³/mol. The third kappa shape index (κ3) is 4.97. The molecule has 0 spiro atoms. The highest BCUT2D eigenvalue weighted by atomic mass is 15.1. The second-order valence-electron chi connectivity index (χ2n) is 5.08. The molecule has 19 heavy (non-hydrogen) atoms. The van der Waals surface area contributed by atoms with Crippen LogP contribution in [0.25, 0.3) is 0 Å². The van der Waals surface area contributed by atoms with Crippen molar-refractivity contribution in [3.63, 3.8) is 0 Å². The molecule has 1 aliphatic carbocycles. The smallest absolute Gasteiger partial charge is 0.0544 e. The number of hydrogen-bond acceptors (Lipinski definition) is 3. The standard InChI is InChI=1S/C16H23N3/c1-3-9-19(10-4-2)13-16-6-5-14(12-18-16)11-17-15-7-8-15/h3-6,12,15,17H,1-2,7-11,13H2. The fourth-order valence-electron chi connectivity index (χ4n) is 2.00. The van der Waals surface area contributed by atoms with E-state index < -0.39 is 0 Å². The summed E-state index contributed by atoms with van der Waals surface area (Å²) in [5.74, 6) is 0. The van der Waals surface area contributed by atoms with Crippen LogP contribution in [0.15, 0.2) is 43.6 Å². The lowest BCUT2D eigenvalue weighted by Crippen LogP contribution is -2.24. The lowest BCUT2D eigenvalue weighted by molar-refractivity contribution is 0.323. The van der Waals surface area contributed by atoms with E-state index in [0.717, 1.165) is 37.9 Å². The lowest BCUT2D eigenvalue weighted by Gasteiger charge is -2.18.